The van der Waals surface area contributed by atoms with Crippen molar-refractivity contribution >= 4 is 85.8 Å². The number of rotatable bonds is 8. The van der Waals surface area contributed by atoms with E-state index in [1.54, 1.807) is 9.80 Å². The quantitative estimate of drug-likeness (QED) is 0.181. The topological polar surface area (TPSA) is 95.9 Å². The molecule has 3 saturated heterocycles. The molecule has 4 aromatic carbocycles. The van der Waals surface area contributed by atoms with E-state index in [-0.39, 0.29) is 11.8 Å². The van der Waals surface area contributed by atoms with Crippen molar-refractivity contribution < 1.29 is 9.59 Å². The number of amidine groups is 2. The van der Waals surface area contributed by atoms with Crippen LogP contribution in [0.1, 0.15) is 32.1 Å². The van der Waals surface area contributed by atoms with Gasteiger partial charge in [-0.25, -0.2) is 9.98 Å². The molecule has 1 aliphatic carbocycles. The molecule has 0 bridgehead atoms. The highest BCUT2D eigenvalue weighted by Gasteiger charge is 2.52. The first-order valence-electron chi connectivity index (χ1n) is 17.5. The van der Waals surface area contributed by atoms with Gasteiger partial charge in [0, 0.05) is 13.1 Å². The van der Waals surface area contributed by atoms with Crippen LogP contribution in [0.5, 0.6) is 0 Å². The van der Waals surface area contributed by atoms with Crippen LogP contribution in [0.2, 0.25) is 0 Å². The SMILES string of the molecule is O=C1C(CN2NC(=S)NN(CC3SC(=Nc4ccccc4)N(c4ccccc4)C3=O)C23CCCCC3)SC(=Nc2ccccc2)N1c1ccccc1. The van der Waals surface area contributed by atoms with Crippen molar-refractivity contribution in [1.82, 2.24) is 20.9 Å². The van der Waals surface area contributed by atoms with Gasteiger partial charge in [0.25, 0.3) is 0 Å². The molecule has 1 spiro atoms. The van der Waals surface area contributed by atoms with Crippen molar-refractivity contribution in [3.05, 3.63) is 121 Å². The molecule has 0 aromatic heterocycles. The Morgan fingerprint density at radius 1 is 0.596 bits per heavy atom. The van der Waals surface area contributed by atoms with Crippen molar-refractivity contribution in [1.29, 1.82) is 0 Å². The average molecular weight is 747 g/mol. The summed E-state index contributed by atoms with van der Waals surface area (Å²) in [5.41, 5.74) is 9.50. The molecule has 4 aliphatic rings. The van der Waals surface area contributed by atoms with E-state index in [1.165, 1.54) is 23.5 Å². The van der Waals surface area contributed by atoms with Crippen molar-refractivity contribution in [2.75, 3.05) is 22.9 Å². The van der Waals surface area contributed by atoms with Crippen LogP contribution in [0.3, 0.4) is 0 Å². The number of hydrazine groups is 2. The van der Waals surface area contributed by atoms with Crippen LogP contribution in [0.25, 0.3) is 0 Å². The third-order valence-corrected chi connectivity index (χ3v) is 12.1. The Morgan fingerprint density at radius 3 is 1.38 bits per heavy atom. The van der Waals surface area contributed by atoms with E-state index in [2.05, 4.69) is 20.9 Å². The van der Waals surface area contributed by atoms with Gasteiger partial charge >= 0.3 is 0 Å². The van der Waals surface area contributed by atoms with Gasteiger partial charge in [0.2, 0.25) is 11.8 Å². The zero-order valence-corrected chi connectivity index (χ0v) is 30.8. The van der Waals surface area contributed by atoms with Crippen LogP contribution in [-0.4, -0.2) is 66.5 Å². The van der Waals surface area contributed by atoms with E-state index < -0.39 is 16.2 Å². The zero-order chi connectivity index (χ0) is 35.5. The number of hydrogen-bond donors (Lipinski definition) is 2. The van der Waals surface area contributed by atoms with Crippen molar-refractivity contribution in [2.45, 2.75) is 48.3 Å². The van der Waals surface area contributed by atoms with Gasteiger partial charge in [0.15, 0.2) is 15.4 Å². The number of nitrogens with zero attached hydrogens (tertiary/aromatic N) is 6. The summed E-state index contributed by atoms with van der Waals surface area (Å²) < 4.78 is 0. The zero-order valence-electron chi connectivity index (χ0n) is 28.4. The van der Waals surface area contributed by atoms with Crippen LogP contribution >= 0.6 is 35.7 Å². The molecule has 2 atom stereocenters. The maximum atomic E-state index is 14.3. The number of carbonyl (C=O) groups is 2. The van der Waals surface area contributed by atoms with Crippen LogP contribution in [0, 0.1) is 0 Å². The van der Waals surface area contributed by atoms with E-state index in [4.69, 9.17) is 22.2 Å². The lowest BCUT2D eigenvalue weighted by atomic mass is 9.87. The summed E-state index contributed by atoms with van der Waals surface area (Å²) in [7, 11) is 0. The lowest BCUT2D eigenvalue weighted by Gasteiger charge is -2.56. The summed E-state index contributed by atoms with van der Waals surface area (Å²) in [5.74, 6) is -0.0622. The predicted octanol–water partition coefficient (Wildman–Crippen LogP) is 7.23. The van der Waals surface area contributed by atoms with Gasteiger partial charge in [-0.15, -0.1) is 0 Å². The molecule has 0 radical (unpaired) electrons. The number of aliphatic imine (C=N–C) groups is 2. The highest BCUT2D eigenvalue weighted by Crippen LogP contribution is 2.42. The summed E-state index contributed by atoms with van der Waals surface area (Å²) in [6, 6.07) is 38.8. The molecule has 3 heterocycles. The fourth-order valence-corrected chi connectivity index (χ4v) is 9.73. The van der Waals surface area contributed by atoms with E-state index in [0.717, 1.165) is 54.9 Å². The minimum absolute atomic E-state index is 0.0311. The minimum atomic E-state index is -0.532. The number of amides is 2. The first kappa shape index (κ1) is 34.6. The van der Waals surface area contributed by atoms with Crippen LogP contribution in [-0.2, 0) is 9.59 Å². The molecule has 52 heavy (non-hydrogen) atoms. The summed E-state index contributed by atoms with van der Waals surface area (Å²) in [5, 5.41) is 5.13. The van der Waals surface area contributed by atoms with Gasteiger partial charge in [-0.1, -0.05) is 116 Å². The fourth-order valence-electron chi connectivity index (χ4n) is 7.22. The van der Waals surface area contributed by atoms with Crippen molar-refractivity contribution in [2.24, 2.45) is 9.98 Å². The molecule has 2 unspecified atom stereocenters. The second kappa shape index (κ2) is 15.2. The van der Waals surface area contributed by atoms with Crippen LogP contribution < -0.4 is 20.7 Å². The minimum Gasteiger partial charge on any atom is -0.293 e. The van der Waals surface area contributed by atoms with Gasteiger partial charge < -0.3 is 0 Å². The van der Waals surface area contributed by atoms with Gasteiger partial charge in [0.05, 0.1) is 22.7 Å². The molecule has 13 heteroatoms. The standard InChI is InChI=1S/C39H38N8O2S3/c48-34-32(51-37(40-28-16-6-1-7-17-28)46(34)30-20-10-3-11-21-30)26-44-39(24-14-5-15-25-39)45(43-36(50)42-44)27-33-35(49)47(31-22-12-4-13-23-31)38(52-33)41-29-18-8-2-9-19-29/h1-4,6-13,16-23,32-33H,5,14-15,24-27H2,(H2,42,43,50). The van der Waals surface area contributed by atoms with Gasteiger partial charge in [-0.2, -0.15) is 10.0 Å². The third kappa shape index (κ3) is 6.98. The molecule has 1 saturated carbocycles. The largest absolute Gasteiger partial charge is 0.293 e. The summed E-state index contributed by atoms with van der Waals surface area (Å²) >= 11 is 8.76. The van der Waals surface area contributed by atoms with E-state index in [1.807, 2.05) is 121 Å². The second-order valence-electron chi connectivity index (χ2n) is 13.0. The smallest absolute Gasteiger partial charge is 0.248 e. The summed E-state index contributed by atoms with van der Waals surface area (Å²) in [6.07, 6.45) is 4.82. The summed E-state index contributed by atoms with van der Waals surface area (Å²) in [6.45, 7) is 0.781. The number of thiocarbonyl (C=S) groups is 1. The van der Waals surface area contributed by atoms with Gasteiger partial charge in [-0.3, -0.25) is 30.2 Å². The highest BCUT2D eigenvalue weighted by atomic mass is 32.2. The lowest BCUT2D eigenvalue weighted by molar-refractivity contribution is -0.140. The Labute approximate surface area is 317 Å². The Bertz CT molecular complexity index is 1840. The molecular formula is C39H38N8O2S3. The number of thioether (sulfide) groups is 2. The molecule has 4 fully saturated rings. The Balaban J connectivity index is 1.09. The van der Waals surface area contributed by atoms with Crippen LogP contribution in [0.4, 0.5) is 22.7 Å². The number of carbonyl (C=O) groups excluding carboxylic acids is 2. The van der Waals surface area contributed by atoms with E-state index in [9.17, 15) is 9.59 Å². The number of anilines is 2. The lowest BCUT2D eigenvalue weighted by Crippen LogP contribution is -2.78. The molecule has 10 nitrogen and oxygen atoms in total. The predicted molar refractivity (Wildman–Crippen MR) is 216 cm³/mol. The maximum Gasteiger partial charge on any atom is 0.248 e. The van der Waals surface area contributed by atoms with E-state index >= 15 is 0 Å². The van der Waals surface area contributed by atoms with Crippen molar-refractivity contribution in [3.63, 3.8) is 0 Å². The molecule has 2 amide bonds. The molecule has 3 aliphatic heterocycles. The Kier molecular flexibility index (Phi) is 10.1. The number of para-hydroxylation sites is 4. The maximum absolute atomic E-state index is 14.3. The molecule has 2 N–H and O–H groups in total. The van der Waals surface area contributed by atoms with Crippen molar-refractivity contribution in [3.8, 4) is 0 Å². The van der Waals surface area contributed by atoms with Gasteiger partial charge in [-0.05, 0) is 73.6 Å². The van der Waals surface area contributed by atoms with Gasteiger partial charge in [0.1, 0.15) is 16.2 Å². The first-order valence-corrected chi connectivity index (χ1v) is 19.7. The second-order valence-corrected chi connectivity index (χ2v) is 15.8. The number of nitrogens with one attached hydrogen (secondary N) is 2. The fraction of sp³-hybridized carbons (Fsp3) is 0.256. The average Bonchev–Trinajstić information content (AvgIpc) is 3.65. The molecule has 4 aromatic rings. The number of hydrogen-bond acceptors (Lipinski definition) is 9. The normalized spacial score (nSPS) is 23.8. The molecular weight excluding hydrogens is 709 g/mol. The molecule has 264 valence electrons. The number of benzene rings is 4. The third-order valence-electron chi connectivity index (χ3n) is 9.69. The van der Waals surface area contributed by atoms with Crippen LogP contribution in [0.15, 0.2) is 131 Å². The summed E-state index contributed by atoms with van der Waals surface area (Å²) in [4.78, 5) is 42.0. The first-order chi connectivity index (χ1) is 25.5. The Morgan fingerprint density at radius 2 is 0.981 bits per heavy atom. The monoisotopic (exact) mass is 746 g/mol. The molecule has 8 rings (SSSR count). The highest BCUT2D eigenvalue weighted by molar-refractivity contribution is 8.16. The van der Waals surface area contributed by atoms with E-state index in [0.29, 0.717) is 28.5 Å². The Hall–Kier alpha value is -4.53.